The summed E-state index contributed by atoms with van der Waals surface area (Å²) >= 11 is 18.5. The second-order valence-corrected chi connectivity index (χ2v) is 14.4. The Kier molecular flexibility index (Phi) is 12.6. The van der Waals surface area contributed by atoms with Gasteiger partial charge in [0.1, 0.15) is 12.6 Å². The molecule has 0 spiro atoms. The molecule has 4 aromatic carbocycles. The first-order chi connectivity index (χ1) is 23.1. The number of anilines is 1. The molecule has 0 saturated carbocycles. The normalized spacial score (nSPS) is 13.0. The van der Waals surface area contributed by atoms with E-state index in [2.05, 4.69) is 5.32 Å². The molecule has 0 heterocycles. The van der Waals surface area contributed by atoms with E-state index in [0.717, 1.165) is 12.1 Å². The molecule has 1 N–H and O–H groups in total. The molecule has 0 aliphatic heterocycles. The lowest BCUT2D eigenvalue weighted by Gasteiger charge is -2.34. The van der Waals surface area contributed by atoms with Crippen molar-refractivity contribution in [1.29, 1.82) is 0 Å². The molecule has 2 atom stereocenters. The van der Waals surface area contributed by atoms with Crippen molar-refractivity contribution in [2.24, 2.45) is 0 Å². The summed E-state index contributed by atoms with van der Waals surface area (Å²) in [6.07, 6.45) is -4.31. The van der Waals surface area contributed by atoms with Gasteiger partial charge in [-0.3, -0.25) is 13.9 Å². The molecule has 7 nitrogen and oxygen atoms in total. The molecular weight excluding hydrogens is 722 g/mol. The van der Waals surface area contributed by atoms with Gasteiger partial charge in [-0.25, -0.2) is 8.42 Å². The average molecular weight is 755 g/mol. The van der Waals surface area contributed by atoms with Crippen molar-refractivity contribution in [2.45, 2.75) is 56.4 Å². The van der Waals surface area contributed by atoms with Gasteiger partial charge in [-0.05, 0) is 66.9 Å². The maximum atomic E-state index is 14.6. The first kappa shape index (κ1) is 38.0. The summed E-state index contributed by atoms with van der Waals surface area (Å²) in [6.45, 7) is 2.45. The number of halogens is 6. The van der Waals surface area contributed by atoms with Crippen molar-refractivity contribution < 1.29 is 31.2 Å². The van der Waals surface area contributed by atoms with Crippen LogP contribution in [0, 0.1) is 0 Å². The predicted octanol–water partition coefficient (Wildman–Crippen LogP) is 8.42. The standard InChI is InChI=1S/C35H33Cl3F3N3O4S/c1-3-23(2)42-34(46)32(18-24-10-6-4-7-11-24)43(21-25-14-15-26(36)19-31(25)38)33(45)22-44(49(47,48)28-12-8-5-9-13-28)27-16-17-30(37)29(20-27)35(39,40)41/h4-17,19-20,23,32H,3,18,21-22H2,1-2H3,(H,42,46)/t23-,32+/m0/s1. The van der Waals surface area contributed by atoms with Gasteiger partial charge in [0, 0.05) is 29.1 Å². The molecule has 260 valence electrons. The van der Waals surface area contributed by atoms with Crippen LogP contribution in [-0.4, -0.2) is 43.8 Å². The van der Waals surface area contributed by atoms with Crippen molar-refractivity contribution in [2.75, 3.05) is 10.8 Å². The van der Waals surface area contributed by atoms with E-state index in [1.165, 1.54) is 35.2 Å². The molecule has 4 aromatic rings. The number of sulfonamides is 1. The van der Waals surface area contributed by atoms with E-state index in [1.54, 1.807) is 55.5 Å². The molecule has 0 fully saturated rings. The van der Waals surface area contributed by atoms with Crippen molar-refractivity contribution >= 4 is 62.3 Å². The van der Waals surface area contributed by atoms with Gasteiger partial charge in [0.25, 0.3) is 10.0 Å². The van der Waals surface area contributed by atoms with E-state index in [-0.39, 0.29) is 28.9 Å². The van der Waals surface area contributed by atoms with Gasteiger partial charge in [0.05, 0.1) is 21.2 Å². The highest BCUT2D eigenvalue weighted by molar-refractivity contribution is 7.92. The van der Waals surface area contributed by atoms with Crippen LogP contribution in [0.15, 0.2) is 102 Å². The highest BCUT2D eigenvalue weighted by atomic mass is 35.5. The Labute approximate surface area is 298 Å². The predicted molar refractivity (Wildman–Crippen MR) is 186 cm³/mol. The second kappa shape index (κ2) is 16.3. The quantitative estimate of drug-likeness (QED) is 0.149. The first-order valence-electron chi connectivity index (χ1n) is 15.1. The van der Waals surface area contributed by atoms with Crippen LogP contribution in [0.5, 0.6) is 0 Å². The van der Waals surface area contributed by atoms with E-state index in [9.17, 15) is 31.2 Å². The Hall–Kier alpha value is -3.77. The summed E-state index contributed by atoms with van der Waals surface area (Å²) < 4.78 is 70.6. The maximum absolute atomic E-state index is 14.6. The molecule has 0 saturated heterocycles. The lowest BCUT2D eigenvalue weighted by atomic mass is 10.0. The molecule has 0 bridgehead atoms. The third-order valence-electron chi connectivity index (χ3n) is 7.78. The lowest BCUT2D eigenvalue weighted by molar-refractivity contribution is -0.140. The number of carbonyl (C=O) groups is 2. The number of alkyl halides is 3. The van der Waals surface area contributed by atoms with Crippen LogP contribution in [0.4, 0.5) is 18.9 Å². The van der Waals surface area contributed by atoms with Crippen LogP contribution < -0.4 is 9.62 Å². The Bertz CT molecular complexity index is 1880. The molecule has 0 aliphatic carbocycles. The van der Waals surface area contributed by atoms with E-state index < -0.39 is 56.9 Å². The van der Waals surface area contributed by atoms with Crippen LogP contribution in [0.2, 0.25) is 15.1 Å². The number of hydrogen-bond acceptors (Lipinski definition) is 4. The zero-order valence-corrected chi connectivity index (χ0v) is 29.5. The largest absolute Gasteiger partial charge is 0.417 e. The third kappa shape index (κ3) is 9.69. The van der Waals surface area contributed by atoms with Crippen molar-refractivity contribution in [1.82, 2.24) is 10.2 Å². The fourth-order valence-electron chi connectivity index (χ4n) is 4.96. The molecule has 2 amide bonds. The van der Waals surface area contributed by atoms with E-state index >= 15 is 0 Å². The molecule has 0 aromatic heterocycles. The van der Waals surface area contributed by atoms with Crippen molar-refractivity contribution in [3.63, 3.8) is 0 Å². The third-order valence-corrected chi connectivity index (χ3v) is 10.5. The topological polar surface area (TPSA) is 86.8 Å². The molecular formula is C35H33Cl3F3N3O4S. The minimum Gasteiger partial charge on any atom is -0.352 e. The maximum Gasteiger partial charge on any atom is 0.417 e. The van der Waals surface area contributed by atoms with Crippen LogP contribution in [0.3, 0.4) is 0 Å². The summed E-state index contributed by atoms with van der Waals surface area (Å²) in [6, 6.07) is 21.6. The average Bonchev–Trinajstić information content (AvgIpc) is 3.06. The monoisotopic (exact) mass is 753 g/mol. The van der Waals surface area contributed by atoms with Gasteiger partial charge in [-0.15, -0.1) is 0 Å². The van der Waals surface area contributed by atoms with Gasteiger partial charge in [0.15, 0.2) is 0 Å². The molecule has 4 rings (SSSR count). The Morgan fingerprint density at radius 1 is 0.857 bits per heavy atom. The smallest absolute Gasteiger partial charge is 0.352 e. The number of nitrogens with one attached hydrogen (secondary N) is 1. The fourth-order valence-corrected chi connectivity index (χ4v) is 7.08. The number of nitrogens with zero attached hydrogens (tertiary/aromatic N) is 2. The van der Waals surface area contributed by atoms with Gasteiger partial charge < -0.3 is 10.2 Å². The number of amides is 2. The Morgan fingerprint density at radius 3 is 2.08 bits per heavy atom. The first-order valence-corrected chi connectivity index (χ1v) is 17.7. The zero-order valence-electron chi connectivity index (χ0n) is 26.4. The highest BCUT2D eigenvalue weighted by Gasteiger charge is 2.38. The van der Waals surface area contributed by atoms with Crippen molar-refractivity contribution in [3.05, 3.63) is 129 Å². The minimum absolute atomic E-state index is 0.0324. The van der Waals surface area contributed by atoms with Crippen LogP contribution in [0.1, 0.15) is 37.0 Å². The molecule has 49 heavy (non-hydrogen) atoms. The summed E-state index contributed by atoms with van der Waals surface area (Å²) in [5.41, 5.74) is -0.639. The molecule has 0 aliphatic rings. The van der Waals surface area contributed by atoms with E-state index in [1.807, 2.05) is 6.92 Å². The minimum atomic E-state index is -4.93. The van der Waals surface area contributed by atoms with E-state index in [4.69, 9.17) is 34.8 Å². The molecule has 0 radical (unpaired) electrons. The molecule has 14 heteroatoms. The number of benzene rings is 4. The number of carbonyl (C=O) groups excluding carboxylic acids is 2. The van der Waals surface area contributed by atoms with Crippen LogP contribution in [-0.2, 0) is 38.8 Å². The van der Waals surface area contributed by atoms with Crippen molar-refractivity contribution in [3.8, 4) is 0 Å². The van der Waals surface area contributed by atoms with Crippen LogP contribution >= 0.6 is 34.8 Å². The zero-order chi connectivity index (χ0) is 35.9. The van der Waals surface area contributed by atoms with Gasteiger partial charge in [-0.1, -0.05) is 96.3 Å². The summed E-state index contributed by atoms with van der Waals surface area (Å²) in [7, 11) is -4.64. The Morgan fingerprint density at radius 2 is 1.49 bits per heavy atom. The summed E-state index contributed by atoms with van der Waals surface area (Å²) in [4.78, 5) is 29.4. The van der Waals surface area contributed by atoms with E-state index in [0.29, 0.717) is 32.9 Å². The number of rotatable bonds is 13. The summed E-state index contributed by atoms with van der Waals surface area (Å²) in [5.74, 6) is -1.39. The summed E-state index contributed by atoms with van der Waals surface area (Å²) in [5, 5.41) is 2.77. The second-order valence-electron chi connectivity index (χ2n) is 11.3. The fraction of sp³-hybridized carbons (Fsp3) is 0.257. The number of hydrogen-bond donors (Lipinski definition) is 1. The highest BCUT2D eigenvalue weighted by Crippen LogP contribution is 2.38. The van der Waals surface area contributed by atoms with Gasteiger partial charge >= 0.3 is 6.18 Å². The SMILES string of the molecule is CC[C@H](C)NC(=O)[C@@H](Cc1ccccc1)N(Cc1ccc(Cl)cc1Cl)C(=O)CN(c1ccc(Cl)c(C(F)(F)F)c1)S(=O)(=O)c1ccccc1. The lowest BCUT2D eigenvalue weighted by Crippen LogP contribution is -2.54. The van der Waals surface area contributed by atoms with Crippen LogP contribution in [0.25, 0.3) is 0 Å². The van der Waals surface area contributed by atoms with Gasteiger partial charge in [0.2, 0.25) is 11.8 Å². The molecule has 0 unspecified atom stereocenters. The van der Waals surface area contributed by atoms with Gasteiger partial charge in [-0.2, -0.15) is 13.2 Å². The Balaban J connectivity index is 1.88.